The van der Waals surface area contributed by atoms with Crippen LogP contribution in [0.3, 0.4) is 0 Å². The van der Waals surface area contributed by atoms with Crippen LogP contribution < -0.4 is 0 Å². The third kappa shape index (κ3) is 2.30. The van der Waals surface area contributed by atoms with E-state index in [1.54, 1.807) is 0 Å². The fraction of sp³-hybridized carbons (Fsp3) is 1.00. The van der Waals surface area contributed by atoms with Crippen LogP contribution in [0.15, 0.2) is 0 Å². The Balaban J connectivity index is 2.07. The molecule has 0 aromatic heterocycles. The van der Waals surface area contributed by atoms with Crippen molar-refractivity contribution in [2.45, 2.75) is 33.2 Å². The number of alkyl halides is 1. The first-order valence-corrected chi connectivity index (χ1v) is 9.92. The van der Waals surface area contributed by atoms with Gasteiger partial charge in [-0.05, 0) is 13.1 Å². The Bertz CT molecular complexity index is 358. The first-order valence-electron chi connectivity index (χ1n) is 5.40. The van der Waals surface area contributed by atoms with Gasteiger partial charge in [-0.3, -0.25) is 4.90 Å². The summed E-state index contributed by atoms with van der Waals surface area (Å²) in [5, 5.41) is 0.491. The number of sulfone groups is 1. The Morgan fingerprint density at radius 1 is 1.31 bits per heavy atom. The lowest BCUT2D eigenvalue weighted by atomic mass is 10.4. The summed E-state index contributed by atoms with van der Waals surface area (Å²) in [5.41, 5.74) is 0. The van der Waals surface area contributed by atoms with Crippen LogP contribution in [0.2, 0.25) is 0 Å². The SMILES string of the molecule is CCN(CC)[C@H]1S[C@@H]2[C@@H](CS(=O)(=O)[C@H]2Br)S1. The Morgan fingerprint density at radius 3 is 2.44 bits per heavy atom. The fourth-order valence-corrected chi connectivity index (χ4v) is 10.4. The number of thioether (sulfide) groups is 2. The quantitative estimate of drug-likeness (QED) is 0.731. The maximum Gasteiger partial charge on any atom is 0.165 e. The molecule has 3 nitrogen and oxygen atoms in total. The second-order valence-corrected chi connectivity index (χ2v) is 10.6. The molecule has 0 unspecified atom stereocenters. The smallest absolute Gasteiger partial charge is 0.165 e. The molecule has 4 atom stereocenters. The van der Waals surface area contributed by atoms with Gasteiger partial charge in [0.25, 0.3) is 0 Å². The van der Waals surface area contributed by atoms with Gasteiger partial charge in [-0.1, -0.05) is 29.8 Å². The molecule has 94 valence electrons. The van der Waals surface area contributed by atoms with Crippen molar-refractivity contribution in [2.24, 2.45) is 0 Å². The van der Waals surface area contributed by atoms with Crippen molar-refractivity contribution >= 4 is 49.3 Å². The predicted molar refractivity (Wildman–Crippen MR) is 76.0 cm³/mol. The van der Waals surface area contributed by atoms with Gasteiger partial charge in [-0.25, -0.2) is 8.42 Å². The van der Waals surface area contributed by atoms with Crippen LogP contribution in [0.1, 0.15) is 13.8 Å². The van der Waals surface area contributed by atoms with Crippen LogP contribution in [0.4, 0.5) is 0 Å². The van der Waals surface area contributed by atoms with Crippen LogP contribution in [-0.2, 0) is 9.84 Å². The summed E-state index contributed by atoms with van der Waals surface area (Å²) in [6, 6.07) is 0. The molecular formula is C9H16BrNO2S3. The molecule has 0 spiro atoms. The van der Waals surface area contributed by atoms with Crippen molar-refractivity contribution < 1.29 is 8.42 Å². The lowest BCUT2D eigenvalue weighted by molar-refractivity contribution is 0.340. The molecular weight excluding hydrogens is 330 g/mol. The monoisotopic (exact) mass is 345 g/mol. The third-order valence-electron chi connectivity index (χ3n) is 3.04. The highest BCUT2D eigenvalue weighted by Crippen LogP contribution is 2.52. The summed E-state index contributed by atoms with van der Waals surface area (Å²) < 4.78 is 23.5. The summed E-state index contributed by atoms with van der Waals surface area (Å²) >= 11 is 6.98. The van der Waals surface area contributed by atoms with Crippen LogP contribution in [0, 0.1) is 0 Å². The van der Waals surface area contributed by atoms with Crippen LogP contribution in [-0.4, -0.2) is 51.5 Å². The Labute approximate surface area is 114 Å². The zero-order valence-electron chi connectivity index (χ0n) is 9.30. The molecule has 2 heterocycles. The van der Waals surface area contributed by atoms with E-state index in [0.29, 0.717) is 10.5 Å². The van der Waals surface area contributed by atoms with Gasteiger partial charge >= 0.3 is 0 Å². The normalized spacial score (nSPS) is 41.5. The van der Waals surface area contributed by atoms with Crippen molar-refractivity contribution in [2.75, 3.05) is 18.8 Å². The van der Waals surface area contributed by atoms with Crippen molar-refractivity contribution in [3.8, 4) is 0 Å². The van der Waals surface area contributed by atoms with Crippen molar-refractivity contribution in [3.63, 3.8) is 0 Å². The summed E-state index contributed by atoms with van der Waals surface area (Å²) in [7, 11) is -2.89. The minimum Gasteiger partial charge on any atom is -0.284 e. The van der Waals surface area contributed by atoms with E-state index in [-0.39, 0.29) is 14.7 Å². The van der Waals surface area contributed by atoms with E-state index < -0.39 is 9.84 Å². The van der Waals surface area contributed by atoms with E-state index in [1.807, 2.05) is 23.5 Å². The maximum absolute atomic E-state index is 11.7. The second kappa shape index (κ2) is 4.99. The molecule has 0 saturated carbocycles. The Hall–Kier alpha value is 1.09. The first kappa shape index (κ1) is 13.5. The molecule has 0 N–H and O–H groups in total. The highest BCUT2D eigenvalue weighted by Gasteiger charge is 2.52. The van der Waals surface area contributed by atoms with E-state index in [1.165, 1.54) is 0 Å². The zero-order valence-corrected chi connectivity index (χ0v) is 13.3. The number of hydrogen-bond acceptors (Lipinski definition) is 5. The molecule has 0 amide bonds. The molecule has 0 radical (unpaired) electrons. The lowest BCUT2D eigenvalue weighted by Gasteiger charge is -2.25. The number of rotatable bonds is 3. The van der Waals surface area contributed by atoms with Gasteiger partial charge in [0.2, 0.25) is 0 Å². The minimum atomic E-state index is -2.89. The fourth-order valence-electron chi connectivity index (χ4n) is 2.06. The maximum atomic E-state index is 11.7. The van der Waals surface area contributed by atoms with Crippen molar-refractivity contribution in [1.82, 2.24) is 4.90 Å². The summed E-state index contributed by atoms with van der Waals surface area (Å²) in [4.78, 5) is 2.39. The third-order valence-corrected chi connectivity index (χ3v) is 11.5. The second-order valence-electron chi connectivity index (χ2n) is 3.98. The molecule has 2 fully saturated rings. The molecule has 2 aliphatic heterocycles. The van der Waals surface area contributed by atoms with E-state index in [0.717, 1.165) is 13.1 Å². The van der Waals surface area contributed by atoms with E-state index in [2.05, 4.69) is 34.7 Å². The Kier molecular flexibility index (Phi) is 4.22. The predicted octanol–water partition coefficient (Wildman–Crippen LogP) is 1.98. The van der Waals surface area contributed by atoms with Crippen LogP contribution >= 0.6 is 39.5 Å². The van der Waals surface area contributed by atoms with Crippen molar-refractivity contribution in [3.05, 3.63) is 0 Å². The minimum absolute atomic E-state index is 0.223. The van der Waals surface area contributed by atoms with E-state index in [4.69, 9.17) is 0 Å². The average Bonchev–Trinajstić information content (AvgIpc) is 2.69. The average molecular weight is 346 g/mol. The largest absolute Gasteiger partial charge is 0.284 e. The molecule has 16 heavy (non-hydrogen) atoms. The molecule has 2 saturated heterocycles. The molecule has 0 aromatic carbocycles. The van der Waals surface area contributed by atoms with Gasteiger partial charge in [-0.15, -0.1) is 23.5 Å². The topological polar surface area (TPSA) is 37.4 Å². The highest BCUT2D eigenvalue weighted by molar-refractivity contribution is 9.11. The standard InChI is InChI=1S/C9H16BrNO2S3/c1-3-11(4-2)9-14-6-5-16(12,13)8(10)7(6)15-9/h6-9H,3-5H2,1-2H3/t6-,7-,8-,9-/m1/s1. The van der Waals surface area contributed by atoms with Gasteiger partial charge in [0.05, 0.1) is 5.75 Å². The zero-order chi connectivity index (χ0) is 11.9. The molecule has 2 rings (SSSR count). The number of nitrogens with zero attached hydrogens (tertiary/aromatic N) is 1. The summed E-state index contributed by atoms with van der Waals surface area (Å²) in [6.07, 6.45) is 0. The Morgan fingerprint density at radius 2 is 1.94 bits per heavy atom. The molecule has 0 bridgehead atoms. The number of hydrogen-bond donors (Lipinski definition) is 0. The lowest BCUT2D eigenvalue weighted by Crippen LogP contribution is -2.30. The highest BCUT2D eigenvalue weighted by atomic mass is 79.9. The molecule has 0 aliphatic carbocycles. The molecule has 0 aromatic rings. The summed E-state index contributed by atoms with van der Waals surface area (Å²) in [5.74, 6) is 0.336. The summed E-state index contributed by atoms with van der Waals surface area (Å²) in [6.45, 7) is 6.36. The van der Waals surface area contributed by atoms with Crippen molar-refractivity contribution in [1.29, 1.82) is 0 Å². The van der Waals surface area contributed by atoms with E-state index >= 15 is 0 Å². The molecule has 2 aliphatic rings. The van der Waals surface area contributed by atoms with Gasteiger partial charge in [0, 0.05) is 10.5 Å². The van der Waals surface area contributed by atoms with Gasteiger partial charge in [0.15, 0.2) is 9.84 Å². The van der Waals surface area contributed by atoms with Gasteiger partial charge in [0.1, 0.15) is 8.87 Å². The number of fused-ring (bicyclic) bond motifs is 1. The number of halogens is 1. The van der Waals surface area contributed by atoms with Gasteiger partial charge in [-0.2, -0.15) is 0 Å². The van der Waals surface area contributed by atoms with E-state index in [9.17, 15) is 8.42 Å². The molecule has 7 heteroatoms. The van der Waals surface area contributed by atoms with Crippen LogP contribution in [0.5, 0.6) is 0 Å². The first-order chi connectivity index (χ1) is 7.49. The van der Waals surface area contributed by atoms with Crippen LogP contribution in [0.25, 0.3) is 0 Å². The van der Waals surface area contributed by atoms with Gasteiger partial charge < -0.3 is 0 Å².